The number of anilines is 1. The van der Waals surface area contributed by atoms with Crippen LogP contribution in [0.4, 0.5) is 5.69 Å². The molecule has 1 aromatic heterocycles. The Balaban J connectivity index is 1.82. The normalized spacial score (nSPS) is 11.7. The number of hydrogen-bond acceptors (Lipinski definition) is 4. The summed E-state index contributed by atoms with van der Waals surface area (Å²) in [6, 6.07) is 8.90. The molecule has 1 atom stereocenters. The number of carbonyl (C=O) groups excluding carboxylic acids is 2. The van der Waals surface area contributed by atoms with Crippen molar-refractivity contribution < 1.29 is 14.7 Å². The Kier molecular flexibility index (Phi) is 5.08. The van der Waals surface area contributed by atoms with Crippen molar-refractivity contribution in [2.45, 2.75) is 13.0 Å². The summed E-state index contributed by atoms with van der Waals surface area (Å²) in [6.07, 6.45) is -0.813. The molecule has 5 nitrogen and oxygen atoms in total. The second kappa shape index (κ2) is 7.01. The van der Waals surface area contributed by atoms with Gasteiger partial charge in [-0.05, 0) is 41.4 Å². The Morgan fingerprint density at radius 3 is 2.52 bits per heavy atom. The van der Waals surface area contributed by atoms with Gasteiger partial charge in [-0.25, -0.2) is 0 Å². The fourth-order valence-corrected chi connectivity index (χ4v) is 2.38. The summed E-state index contributed by atoms with van der Waals surface area (Å²) in [6.45, 7) is 1.93. The van der Waals surface area contributed by atoms with Gasteiger partial charge < -0.3 is 15.7 Å². The summed E-state index contributed by atoms with van der Waals surface area (Å²) in [7, 11) is 0. The Hall–Kier alpha value is -2.18. The van der Waals surface area contributed by atoms with Crippen molar-refractivity contribution in [3.63, 3.8) is 0 Å². The van der Waals surface area contributed by atoms with Gasteiger partial charge in [0.1, 0.15) is 0 Å². The lowest BCUT2D eigenvalue weighted by Gasteiger charge is -2.10. The first-order valence-corrected chi connectivity index (χ1v) is 7.36. The smallest absolute Gasteiger partial charge is 0.313 e. The van der Waals surface area contributed by atoms with Gasteiger partial charge in [-0.15, -0.1) is 0 Å². The Morgan fingerprint density at radius 2 is 1.90 bits per heavy atom. The van der Waals surface area contributed by atoms with Crippen molar-refractivity contribution in [3.05, 3.63) is 52.2 Å². The van der Waals surface area contributed by atoms with E-state index in [9.17, 15) is 14.7 Å². The molecular weight excluding hydrogens is 288 g/mol. The van der Waals surface area contributed by atoms with E-state index in [0.717, 1.165) is 11.1 Å². The lowest BCUT2D eigenvalue weighted by atomic mass is 10.2. The minimum absolute atomic E-state index is 0.00309. The molecule has 1 heterocycles. The minimum atomic E-state index is -0.813. The van der Waals surface area contributed by atoms with Gasteiger partial charge in [-0.3, -0.25) is 9.59 Å². The van der Waals surface area contributed by atoms with Crippen LogP contribution in [0.5, 0.6) is 0 Å². The van der Waals surface area contributed by atoms with Gasteiger partial charge in [0, 0.05) is 12.2 Å². The number of aryl methyl sites for hydroxylation is 1. The van der Waals surface area contributed by atoms with Gasteiger partial charge >= 0.3 is 11.8 Å². The Morgan fingerprint density at radius 1 is 1.19 bits per heavy atom. The van der Waals surface area contributed by atoms with Crippen molar-refractivity contribution in [2.24, 2.45) is 0 Å². The highest BCUT2D eigenvalue weighted by Crippen LogP contribution is 2.15. The first-order valence-electron chi connectivity index (χ1n) is 6.42. The number of aliphatic hydroxyl groups excluding tert-OH is 1. The summed E-state index contributed by atoms with van der Waals surface area (Å²) in [4.78, 5) is 23.4. The highest BCUT2D eigenvalue weighted by Gasteiger charge is 2.16. The van der Waals surface area contributed by atoms with Gasteiger partial charge in [0.2, 0.25) is 0 Å². The number of benzene rings is 1. The third kappa shape index (κ3) is 4.40. The third-order valence-electron chi connectivity index (χ3n) is 2.90. The van der Waals surface area contributed by atoms with Crippen LogP contribution in [0.15, 0.2) is 41.1 Å². The van der Waals surface area contributed by atoms with Crippen LogP contribution >= 0.6 is 11.3 Å². The van der Waals surface area contributed by atoms with Crippen molar-refractivity contribution in [1.29, 1.82) is 0 Å². The van der Waals surface area contributed by atoms with Crippen molar-refractivity contribution in [3.8, 4) is 0 Å². The molecule has 21 heavy (non-hydrogen) atoms. The van der Waals surface area contributed by atoms with Crippen LogP contribution in [-0.4, -0.2) is 23.5 Å². The molecule has 6 heteroatoms. The van der Waals surface area contributed by atoms with Gasteiger partial charge in [0.15, 0.2) is 0 Å². The minimum Gasteiger partial charge on any atom is -0.387 e. The van der Waals surface area contributed by atoms with E-state index in [2.05, 4.69) is 10.6 Å². The molecular formula is C15H16N2O3S. The summed E-state index contributed by atoms with van der Waals surface area (Å²) >= 11 is 1.46. The van der Waals surface area contributed by atoms with Crippen LogP contribution in [-0.2, 0) is 9.59 Å². The topological polar surface area (TPSA) is 78.4 Å². The van der Waals surface area contributed by atoms with Gasteiger partial charge in [-0.2, -0.15) is 11.3 Å². The highest BCUT2D eigenvalue weighted by molar-refractivity contribution is 7.07. The molecule has 1 unspecified atom stereocenters. The number of aliphatic hydroxyl groups is 1. The SMILES string of the molecule is Cc1ccc(NC(=O)C(=O)NCC(O)c2ccsc2)cc1. The largest absolute Gasteiger partial charge is 0.387 e. The predicted molar refractivity (Wildman–Crippen MR) is 82.1 cm³/mol. The van der Waals surface area contributed by atoms with E-state index in [1.165, 1.54) is 11.3 Å². The highest BCUT2D eigenvalue weighted by atomic mass is 32.1. The van der Waals surface area contributed by atoms with E-state index in [4.69, 9.17) is 0 Å². The zero-order chi connectivity index (χ0) is 15.2. The fraction of sp³-hybridized carbons (Fsp3) is 0.200. The zero-order valence-corrected chi connectivity index (χ0v) is 12.3. The lowest BCUT2D eigenvalue weighted by Crippen LogP contribution is -2.37. The average Bonchev–Trinajstić information content (AvgIpc) is 3.01. The van der Waals surface area contributed by atoms with E-state index < -0.39 is 17.9 Å². The van der Waals surface area contributed by atoms with E-state index in [1.54, 1.807) is 23.6 Å². The maximum absolute atomic E-state index is 11.7. The van der Waals surface area contributed by atoms with Gasteiger partial charge in [-0.1, -0.05) is 17.7 Å². The number of hydrogen-bond donors (Lipinski definition) is 3. The molecule has 0 bridgehead atoms. The molecule has 0 saturated carbocycles. The predicted octanol–water partition coefficient (Wildman–Crippen LogP) is 1.84. The van der Waals surface area contributed by atoms with Gasteiger partial charge in [0.25, 0.3) is 0 Å². The Bertz CT molecular complexity index is 608. The van der Waals surface area contributed by atoms with Crippen molar-refractivity contribution in [2.75, 3.05) is 11.9 Å². The standard InChI is InChI=1S/C15H16N2O3S/c1-10-2-4-12(5-3-10)17-15(20)14(19)16-8-13(18)11-6-7-21-9-11/h2-7,9,13,18H,8H2,1H3,(H,16,19)(H,17,20). The van der Waals surface area contributed by atoms with Crippen LogP contribution in [0.25, 0.3) is 0 Å². The number of carbonyl (C=O) groups is 2. The molecule has 0 radical (unpaired) electrons. The monoisotopic (exact) mass is 304 g/mol. The maximum atomic E-state index is 11.7. The first-order chi connectivity index (χ1) is 10.1. The zero-order valence-electron chi connectivity index (χ0n) is 11.5. The molecule has 2 aromatic rings. The van der Waals surface area contributed by atoms with Crippen molar-refractivity contribution >= 4 is 28.8 Å². The Labute approximate surface area is 126 Å². The quantitative estimate of drug-likeness (QED) is 0.754. The van der Waals surface area contributed by atoms with Crippen LogP contribution in [0.3, 0.4) is 0 Å². The second-order valence-corrected chi connectivity index (χ2v) is 5.38. The summed E-state index contributed by atoms with van der Waals surface area (Å²) in [5.74, 6) is -1.53. The number of nitrogens with one attached hydrogen (secondary N) is 2. The molecule has 0 saturated heterocycles. The first kappa shape index (κ1) is 15.2. The van der Waals surface area contributed by atoms with Crippen LogP contribution < -0.4 is 10.6 Å². The third-order valence-corrected chi connectivity index (χ3v) is 3.60. The molecule has 0 aliphatic rings. The van der Waals surface area contributed by atoms with E-state index in [-0.39, 0.29) is 6.54 Å². The molecule has 2 rings (SSSR count). The lowest BCUT2D eigenvalue weighted by molar-refractivity contribution is -0.136. The summed E-state index contributed by atoms with van der Waals surface area (Å²) < 4.78 is 0. The van der Waals surface area contributed by atoms with Crippen molar-refractivity contribution in [1.82, 2.24) is 5.32 Å². The average molecular weight is 304 g/mol. The molecule has 110 valence electrons. The van der Waals surface area contributed by atoms with Crippen LogP contribution in [0.1, 0.15) is 17.2 Å². The number of thiophene rings is 1. The molecule has 3 N–H and O–H groups in total. The molecule has 0 spiro atoms. The van der Waals surface area contributed by atoms with Crippen LogP contribution in [0.2, 0.25) is 0 Å². The molecule has 1 aromatic carbocycles. The van der Waals surface area contributed by atoms with Gasteiger partial charge in [0.05, 0.1) is 6.10 Å². The molecule has 0 aliphatic carbocycles. The fourth-order valence-electron chi connectivity index (χ4n) is 1.68. The van der Waals surface area contributed by atoms with E-state index in [0.29, 0.717) is 5.69 Å². The van der Waals surface area contributed by atoms with E-state index in [1.807, 2.05) is 24.4 Å². The second-order valence-electron chi connectivity index (χ2n) is 4.60. The number of rotatable bonds is 4. The maximum Gasteiger partial charge on any atom is 0.313 e. The summed E-state index contributed by atoms with van der Waals surface area (Å²) in [5.41, 5.74) is 2.34. The number of amides is 2. The van der Waals surface area contributed by atoms with E-state index >= 15 is 0 Å². The molecule has 0 fully saturated rings. The molecule has 2 amide bonds. The molecule has 0 aliphatic heterocycles. The van der Waals surface area contributed by atoms with Crippen LogP contribution in [0, 0.1) is 6.92 Å². The summed E-state index contributed by atoms with van der Waals surface area (Å²) in [5, 5.41) is 18.4.